The molecule has 1 fully saturated rings. The summed E-state index contributed by atoms with van der Waals surface area (Å²) in [4.78, 5) is 11.5. The van der Waals surface area contributed by atoms with Gasteiger partial charge in [0.2, 0.25) is 10.0 Å². The molecule has 104 valence electrons. The fourth-order valence-electron chi connectivity index (χ4n) is 2.16. The fourth-order valence-corrected chi connectivity index (χ4v) is 3.86. The quantitative estimate of drug-likeness (QED) is 0.789. The Morgan fingerprint density at radius 1 is 1.26 bits per heavy atom. The van der Waals surface area contributed by atoms with Crippen LogP contribution in [0.5, 0.6) is 5.75 Å². The third-order valence-electron chi connectivity index (χ3n) is 3.25. The number of carbonyl (C=O) groups is 1. The summed E-state index contributed by atoms with van der Waals surface area (Å²) in [7, 11) is -2.16. The average molecular weight is 283 g/mol. The zero-order valence-electron chi connectivity index (χ0n) is 11.0. The van der Waals surface area contributed by atoms with Gasteiger partial charge in [-0.05, 0) is 38.0 Å². The first-order valence-electron chi connectivity index (χ1n) is 6.16. The van der Waals surface area contributed by atoms with E-state index in [1.54, 1.807) is 6.07 Å². The van der Waals surface area contributed by atoms with E-state index in [1.165, 1.54) is 30.5 Å². The minimum absolute atomic E-state index is 0.0737. The molecule has 0 amide bonds. The van der Waals surface area contributed by atoms with Crippen LogP contribution in [-0.4, -0.2) is 38.7 Å². The van der Waals surface area contributed by atoms with Crippen molar-refractivity contribution in [2.75, 3.05) is 20.2 Å². The van der Waals surface area contributed by atoms with Crippen molar-refractivity contribution in [3.05, 3.63) is 23.8 Å². The Morgan fingerprint density at radius 2 is 1.89 bits per heavy atom. The second-order valence-electron chi connectivity index (χ2n) is 4.53. The molecule has 19 heavy (non-hydrogen) atoms. The Bertz CT molecular complexity index is 589. The summed E-state index contributed by atoms with van der Waals surface area (Å²) >= 11 is 0. The second kappa shape index (κ2) is 5.30. The minimum atomic E-state index is -3.58. The highest BCUT2D eigenvalue weighted by Gasteiger charge is 2.30. The van der Waals surface area contributed by atoms with Crippen molar-refractivity contribution in [3.63, 3.8) is 0 Å². The smallest absolute Gasteiger partial charge is 0.246 e. The van der Waals surface area contributed by atoms with Crippen LogP contribution in [0.4, 0.5) is 0 Å². The van der Waals surface area contributed by atoms with Crippen molar-refractivity contribution in [3.8, 4) is 5.75 Å². The third kappa shape index (κ3) is 2.64. The molecule has 0 spiro atoms. The van der Waals surface area contributed by atoms with Gasteiger partial charge in [0.05, 0.1) is 7.11 Å². The SMILES string of the molecule is COc1ccc(C(C)=O)cc1S(=O)(=O)N1CCCC1. The molecular formula is C13H17NO4S. The molecule has 0 N–H and O–H groups in total. The Balaban J connectivity index is 2.52. The Hall–Kier alpha value is -1.40. The zero-order chi connectivity index (χ0) is 14.0. The first-order valence-corrected chi connectivity index (χ1v) is 7.60. The molecule has 0 aliphatic carbocycles. The average Bonchev–Trinajstić information content (AvgIpc) is 2.92. The molecule has 0 bridgehead atoms. The number of rotatable bonds is 4. The molecule has 2 rings (SSSR count). The Kier molecular flexibility index (Phi) is 3.91. The van der Waals surface area contributed by atoms with Gasteiger partial charge in [0.1, 0.15) is 10.6 Å². The monoisotopic (exact) mass is 283 g/mol. The predicted octanol–water partition coefficient (Wildman–Crippen LogP) is 1.68. The standard InChI is InChI=1S/C13H17NO4S/c1-10(15)11-5-6-12(18-2)13(9-11)19(16,17)14-7-3-4-8-14/h5-6,9H,3-4,7-8H2,1-2H3. The van der Waals surface area contributed by atoms with Crippen molar-refractivity contribution in [1.82, 2.24) is 4.31 Å². The maximum atomic E-state index is 12.5. The van der Waals surface area contributed by atoms with Gasteiger partial charge in [-0.15, -0.1) is 0 Å². The molecule has 0 atom stereocenters. The number of ketones is 1. The van der Waals surface area contributed by atoms with Gasteiger partial charge < -0.3 is 4.74 Å². The minimum Gasteiger partial charge on any atom is -0.495 e. The van der Waals surface area contributed by atoms with Crippen molar-refractivity contribution in [2.45, 2.75) is 24.7 Å². The number of sulfonamides is 1. The van der Waals surface area contributed by atoms with Gasteiger partial charge in [0, 0.05) is 18.7 Å². The number of hydrogen-bond acceptors (Lipinski definition) is 4. The van der Waals surface area contributed by atoms with Crippen molar-refractivity contribution >= 4 is 15.8 Å². The summed E-state index contributed by atoms with van der Waals surface area (Å²) in [6.45, 7) is 2.46. The molecule has 1 aliphatic heterocycles. The van der Waals surface area contributed by atoms with Crippen molar-refractivity contribution in [2.24, 2.45) is 0 Å². The van der Waals surface area contributed by atoms with Crippen LogP contribution in [0.2, 0.25) is 0 Å². The number of Topliss-reactive ketones (excluding diaryl/α,β-unsaturated/α-hetero) is 1. The number of methoxy groups -OCH3 is 1. The molecular weight excluding hydrogens is 266 g/mol. The van der Waals surface area contributed by atoms with Crippen LogP contribution in [-0.2, 0) is 10.0 Å². The number of nitrogens with zero attached hydrogens (tertiary/aromatic N) is 1. The molecule has 6 heteroatoms. The molecule has 1 aromatic rings. The van der Waals surface area contributed by atoms with Crippen LogP contribution in [0, 0.1) is 0 Å². The molecule has 1 saturated heterocycles. The molecule has 5 nitrogen and oxygen atoms in total. The van der Waals surface area contributed by atoms with Crippen LogP contribution >= 0.6 is 0 Å². The highest BCUT2D eigenvalue weighted by atomic mass is 32.2. The van der Waals surface area contributed by atoms with E-state index in [0.717, 1.165) is 12.8 Å². The number of hydrogen-bond donors (Lipinski definition) is 0. The van der Waals surface area contributed by atoms with Gasteiger partial charge in [0.15, 0.2) is 5.78 Å². The predicted molar refractivity (Wildman–Crippen MR) is 71.0 cm³/mol. The normalized spacial score (nSPS) is 16.5. The van der Waals surface area contributed by atoms with Gasteiger partial charge in [-0.3, -0.25) is 4.79 Å². The molecule has 0 saturated carbocycles. The van der Waals surface area contributed by atoms with E-state index in [-0.39, 0.29) is 16.4 Å². The second-order valence-corrected chi connectivity index (χ2v) is 6.44. The summed E-state index contributed by atoms with van der Waals surface area (Å²) in [5, 5.41) is 0. The molecule has 0 unspecified atom stereocenters. The maximum Gasteiger partial charge on any atom is 0.246 e. The lowest BCUT2D eigenvalue weighted by molar-refractivity contribution is 0.101. The topological polar surface area (TPSA) is 63.7 Å². The Labute approximate surface area is 113 Å². The lowest BCUT2D eigenvalue weighted by Gasteiger charge is -2.18. The summed E-state index contributed by atoms with van der Waals surface area (Å²) in [5.41, 5.74) is 0.374. The largest absolute Gasteiger partial charge is 0.495 e. The van der Waals surface area contributed by atoms with Gasteiger partial charge in [-0.2, -0.15) is 4.31 Å². The molecule has 1 heterocycles. The lowest BCUT2D eigenvalue weighted by atomic mass is 10.1. The van der Waals surface area contributed by atoms with Crippen molar-refractivity contribution < 1.29 is 17.9 Å². The molecule has 0 aromatic heterocycles. The first kappa shape index (κ1) is 14.0. The highest BCUT2D eigenvalue weighted by Crippen LogP contribution is 2.29. The van der Waals surface area contributed by atoms with Crippen molar-refractivity contribution in [1.29, 1.82) is 0 Å². The zero-order valence-corrected chi connectivity index (χ0v) is 11.9. The van der Waals surface area contributed by atoms with Crippen LogP contribution in [0.15, 0.2) is 23.1 Å². The first-order chi connectivity index (χ1) is 8.96. The van der Waals surface area contributed by atoms with Gasteiger partial charge in [0.25, 0.3) is 0 Å². The summed E-state index contributed by atoms with van der Waals surface area (Å²) in [5.74, 6) is 0.109. The number of ether oxygens (including phenoxy) is 1. The van der Waals surface area contributed by atoms with Gasteiger partial charge >= 0.3 is 0 Å². The maximum absolute atomic E-state index is 12.5. The van der Waals surface area contributed by atoms with E-state index in [0.29, 0.717) is 18.7 Å². The van der Waals surface area contributed by atoms with E-state index in [1.807, 2.05) is 0 Å². The van der Waals surface area contributed by atoms with Crippen LogP contribution < -0.4 is 4.74 Å². The summed E-state index contributed by atoms with van der Waals surface area (Å²) < 4.78 is 31.6. The van der Waals surface area contributed by atoms with Crippen LogP contribution in [0.25, 0.3) is 0 Å². The summed E-state index contributed by atoms with van der Waals surface area (Å²) in [6.07, 6.45) is 1.74. The highest BCUT2D eigenvalue weighted by molar-refractivity contribution is 7.89. The van der Waals surface area contributed by atoms with Crippen LogP contribution in [0.1, 0.15) is 30.1 Å². The number of carbonyl (C=O) groups excluding carboxylic acids is 1. The van der Waals surface area contributed by atoms with Crippen LogP contribution in [0.3, 0.4) is 0 Å². The summed E-state index contributed by atoms with van der Waals surface area (Å²) in [6, 6.07) is 4.50. The third-order valence-corrected chi connectivity index (χ3v) is 5.17. The fraction of sp³-hybridized carbons (Fsp3) is 0.462. The van der Waals surface area contributed by atoms with E-state index in [4.69, 9.17) is 4.74 Å². The van der Waals surface area contributed by atoms with Gasteiger partial charge in [-0.25, -0.2) is 8.42 Å². The molecule has 1 aliphatic rings. The number of benzene rings is 1. The van der Waals surface area contributed by atoms with E-state index in [2.05, 4.69) is 0 Å². The van der Waals surface area contributed by atoms with Gasteiger partial charge in [-0.1, -0.05) is 0 Å². The molecule has 1 aromatic carbocycles. The molecule has 0 radical (unpaired) electrons. The van der Waals surface area contributed by atoms with E-state index < -0.39 is 10.0 Å². The van der Waals surface area contributed by atoms with E-state index in [9.17, 15) is 13.2 Å². The lowest BCUT2D eigenvalue weighted by Crippen LogP contribution is -2.28. The van der Waals surface area contributed by atoms with E-state index >= 15 is 0 Å². The Morgan fingerprint density at radius 3 is 2.42 bits per heavy atom.